The second-order valence-corrected chi connectivity index (χ2v) is 8.91. The summed E-state index contributed by atoms with van der Waals surface area (Å²) in [5.41, 5.74) is 3.35. The summed E-state index contributed by atoms with van der Waals surface area (Å²) >= 11 is 0. The van der Waals surface area contributed by atoms with Crippen molar-refractivity contribution >= 4 is 22.5 Å². The highest BCUT2D eigenvalue weighted by Crippen LogP contribution is 2.48. The molecule has 1 aliphatic carbocycles. The van der Waals surface area contributed by atoms with Crippen molar-refractivity contribution in [2.24, 2.45) is 0 Å². The summed E-state index contributed by atoms with van der Waals surface area (Å²) in [7, 11) is 4.19. The average Bonchev–Trinajstić information content (AvgIpc) is 3.48. The van der Waals surface area contributed by atoms with Crippen LogP contribution in [0.3, 0.4) is 0 Å². The first-order valence-electron chi connectivity index (χ1n) is 10.6. The molecule has 5 rings (SSSR count). The van der Waals surface area contributed by atoms with E-state index in [1.807, 2.05) is 25.1 Å². The van der Waals surface area contributed by atoms with E-state index < -0.39 is 11.5 Å². The van der Waals surface area contributed by atoms with Crippen molar-refractivity contribution in [3.05, 3.63) is 65.4 Å². The van der Waals surface area contributed by atoms with Crippen LogP contribution in [0, 0.1) is 12.9 Å². The summed E-state index contributed by atoms with van der Waals surface area (Å²) in [6, 6.07) is 10.3. The Balaban J connectivity index is 1.41. The van der Waals surface area contributed by atoms with Gasteiger partial charge < -0.3 is 15.1 Å². The van der Waals surface area contributed by atoms with Gasteiger partial charge in [0.25, 0.3) is 5.91 Å². The zero-order valence-electron chi connectivity index (χ0n) is 18.0. The molecule has 31 heavy (non-hydrogen) atoms. The van der Waals surface area contributed by atoms with Crippen molar-refractivity contribution in [3.8, 4) is 0 Å². The largest absolute Gasteiger partial charge is 0.368 e. The maximum Gasteiger partial charge on any atom is 0.252 e. The minimum Gasteiger partial charge on any atom is -0.368 e. The van der Waals surface area contributed by atoms with Gasteiger partial charge in [-0.05, 0) is 69.3 Å². The first kappa shape index (κ1) is 19.9. The van der Waals surface area contributed by atoms with Crippen LogP contribution in [0.25, 0.3) is 10.9 Å². The number of aryl methyl sites for hydroxylation is 1. The Morgan fingerprint density at radius 1 is 1.16 bits per heavy atom. The van der Waals surface area contributed by atoms with Gasteiger partial charge in [-0.15, -0.1) is 0 Å². The van der Waals surface area contributed by atoms with Crippen molar-refractivity contribution in [1.82, 2.24) is 20.2 Å². The lowest BCUT2D eigenvalue weighted by Gasteiger charge is -2.44. The molecule has 1 N–H and O–H groups in total. The molecule has 7 heteroatoms. The molecule has 6 nitrogen and oxygen atoms in total. The highest BCUT2D eigenvalue weighted by Gasteiger charge is 2.47. The highest BCUT2D eigenvalue weighted by atomic mass is 19.1. The van der Waals surface area contributed by atoms with Crippen LogP contribution in [0.5, 0.6) is 0 Å². The number of hydrogen-bond acceptors (Lipinski definition) is 5. The fourth-order valence-electron chi connectivity index (χ4n) is 4.38. The standard InChI is InChI=1S/C24H26FN5O/c1-15-4-5-16(30-13-17(14-30)29(2)3)12-19(15)23(31)28-24(8-9-24)20-7-11-26-21-18(20)6-10-27-22(21)25/h4-7,10-12,17H,8-9,13-14H2,1-3H3,(H,28,31). The molecule has 1 saturated carbocycles. The van der Waals surface area contributed by atoms with Gasteiger partial charge in [0.2, 0.25) is 5.95 Å². The third-order valence-corrected chi connectivity index (χ3v) is 6.66. The molecule has 1 aliphatic heterocycles. The summed E-state index contributed by atoms with van der Waals surface area (Å²) in [5.74, 6) is -0.684. The lowest BCUT2D eigenvalue weighted by molar-refractivity contribution is 0.0930. The molecule has 0 unspecified atom stereocenters. The molecule has 0 radical (unpaired) electrons. The van der Waals surface area contributed by atoms with Crippen LogP contribution in [0.4, 0.5) is 10.1 Å². The minimum atomic E-state index is -0.587. The number of fused-ring (bicyclic) bond motifs is 1. The molecular weight excluding hydrogens is 393 g/mol. The zero-order chi connectivity index (χ0) is 21.8. The molecule has 3 aromatic rings. The number of aromatic nitrogens is 2. The Morgan fingerprint density at radius 3 is 2.61 bits per heavy atom. The Hall–Kier alpha value is -3.06. The number of carbonyl (C=O) groups is 1. The van der Waals surface area contributed by atoms with Crippen LogP contribution in [-0.4, -0.2) is 54.0 Å². The number of hydrogen-bond donors (Lipinski definition) is 1. The maximum absolute atomic E-state index is 14.1. The van der Waals surface area contributed by atoms with E-state index in [4.69, 9.17) is 0 Å². The van der Waals surface area contributed by atoms with Crippen LogP contribution < -0.4 is 10.2 Å². The lowest BCUT2D eigenvalue weighted by atomic mass is 9.99. The van der Waals surface area contributed by atoms with Crippen LogP contribution in [0.2, 0.25) is 0 Å². The molecule has 2 aromatic heterocycles. The van der Waals surface area contributed by atoms with Gasteiger partial charge in [0.15, 0.2) is 0 Å². The summed E-state index contributed by atoms with van der Waals surface area (Å²) in [5, 5.41) is 3.95. The van der Waals surface area contributed by atoms with Gasteiger partial charge in [-0.1, -0.05) is 6.07 Å². The first-order chi connectivity index (χ1) is 14.9. The number of anilines is 1. The van der Waals surface area contributed by atoms with Crippen molar-refractivity contribution in [2.75, 3.05) is 32.1 Å². The number of rotatable bonds is 5. The fourth-order valence-corrected chi connectivity index (χ4v) is 4.38. The smallest absolute Gasteiger partial charge is 0.252 e. The van der Waals surface area contributed by atoms with E-state index in [0.29, 0.717) is 17.0 Å². The number of amides is 1. The van der Waals surface area contributed by atoms with E-state index in [2.05, 4.69) is 45.2 Å². The third kappa shape index (κ3) is 3.43. The van der Waals surface area contributed by atoms with E-state index in [1.54, 1.807) is 12.3 Å². The van der Waals surface area contributed by atoms with E-state index >= 15 is 0 Å². The SMILES string of the molecule is Cc1ccc(N2CC(N(C)C)C2)cc1C(=O)NC1(c2ccnc3c(F)nccc23)CC1. The Labute approximate surface area is 181 Å². The Bertz CT molecular complexity index is 1170. The van der Waals surface area contributed by atoms with Gasteiger partial charge in [0.1, 0.15) is 5.52 Å². The highest BCUT2D eigenvalue weighted by molar-refractivity contribution is 5.98. The predicted molar refractivity (Wildman–Crippen MR) is 119 cm³/mol. The molecular formula is C24H26FN5O. The van der Waals surface area contributed by atoms with Crippen molar-refractivity contribution in [2.45, 2.75) is 31.3 Å². The number of nitrogens with zero attached hydrogens (tertiary/aromatic N) is 4. The van der Waals surface area contributed by atoms with Crippen molar-refractivity contribution in [3.63, 3.8) is 0 Å². The molecule has 1 aromatic carbocycles. The lowest BCUT2D eigenvalue weighted by Crippen LogP contribution is -2.57. The second kappa shape index (κ2) is 7.27. The number of halogens is 1. The first-order valence-corrected chi connectivity index (χ1v) is 10.6. The quantitative estimate of drug-likeness (QED) is 0.644. The molecule has 0 bridgehead atoms. The zero-order valence-corrected chi connectivity index (χ0v) is 18.0. The normalized spacial score (nSPS) is 17.6. The van der Waals surface area contributed by atoms with E-state index in [9.17, 15) is 9.18 Å². The molecule has 2 fully saturated rings. The number of nitrogens with one attached hydrogen (secondary N) is 1. The van der Waals surface area contributed by atoms with Gasteiger partial charge in [-0.2, -0.15) is 4.39 Å². The molecule has 2 aliphatic rings. The predicted octanol–water partition coefficient (Wildman–Crippen LogP) is 3.25. The van der Waals surface area contributed by atoms with Gasteiger partial charge in [-0.3, -0.25) is 9.78 Å². The molecule has 1 amide bonds. The van der Waals surface area contributed by atoms with Crippen LogP contribution in [-0.2, 0) is 5.54 Å². The molecule has 3 heterocycles. The van der Waals surface area contributed by atoms with E-state index in [-0.39, 0.29) is 11.4 Å². The third-order valence-electron chi connectivity index (χ3n) is 6.66. The molecule has 160 valence electrons. The molecule has 0 atom stereocenters. The van der Waals surface area contributed by atoms with Gasteiger partial charge in [0, 0.05) is 48.2 Å². The van der Waals surface area contributed by atoms with Gasteiger partial charge in [0.05, 0.1) is 5.54 Å². The van der Waals surface area contributed by atoms with E-state index in [1.165, 1.54) is 6.20 Å². The van der Waals surface area contributed by atoms with Crippen molar-refractivity contribution in [1.29, 1.82) is 0 Å². The summed E-state index contributed by atoms with van der Waals surface area (Å²) < 4.78 is 14.1. The number of benzene rings is 1. The van der Waals surface area contributed by atoms with Gasteiger partial charge in [-0.25, -0.2) is 4.98 Å². The van der Waals surface area contributed by atoms with Crippen LogP contribution in [0.1, 0.15) is 34.3 Å². The van der Waals surface area contributed by atoms with E-state index in [0.717, 1.165) is 42.7 Å². The number of pyridine rings is 2. The van der Waals surface area contributed by atoms with Gasteiger partial charge >= 0.3 is 0 Å². The Morgan fingerprint density at radius 2 is 1.90 bits per heavy atom. The fraction of sp³-hybridized carbons (Fsp3) is 0.375. The monoisotopic (exact) mass is 419 g/mol. The number of likely N-dealkylation sites (N-methyl/N-ethyl adjacent to an activating group) is 1. The molecule has 1 saturated heterocycles. The molecule has 0 spiro atoms. The number of carbonyl (C=O) groups excluding carboxylic acids is 1. The average molecular weight is 420 g/mol. The summed E-state index contributed by atoms with van der Waals surface area (Å²) in [4.78, 5) is 25.7. The Kier molecular flexibility index (Phi) is 4.66. The topological polar surface area (TPSA) is 61.4 Å². The minimum absolute atomic E-state index is 0.0963. The van der Waals surface area contributed by atoms with Crippen LogP contribution in [0.15, 0.2) is 42.7 Å². The summed E-state index contributed by atoms with van der Waals surface area (Å²) in [6.45, 7) is 3.88. The van der Waals surface area contributed by atoms with Crippen molar-refractivity contribution < 1.29 is 9.18 Å². The maximum atomic E-state index is 14.1. The second-order valence-electron chi connectivity index (χ2n) is 8.91. The van der Waals surface area contributed by atoms with Crippen LogP contribution >= 0.6 is 0 Å². The summed E-state index contributed by atoms with van der Waals surface area (Å²) in [6.07, 6.45) is 4.67.